The second-order valence-corrected chi connectivity index (χ2v) is 6.75. The van der Waals surface area contributed by atoms with E-state index in [0.29, 0.717) is 32.9 Å². The summed E-state index contributed by atoms with van der Waals surface area (Å²) in [4.78, 5) is 29.8. The standard InChI is InChI=1S/C23H18FN3O2/c24-17-10-4-1-7-14(17)13-20(22(25)28)27-23(29)21-15-8-2-5-11-18(15)26-19-12-6-3-9-16(19)21/h1-12,20H,13H2,(H2,25,28)(H,27,29)/t20-/m0/s1. The molecule has 0 aliphatic rings. The lowest BCUT2D eigenvalue weighted by Crippen LogP contribution is -2.46. The molecule has 0 bridgehead atoms. The van der Waals surface area contributed by atoms with Crippen molar-refractivity contribution in [2.45, 2.75) is 12.5 Å². The average molecular weight is 387 g/mol. The molecule has 3 N–H and O–H groups in total. The molecule has 4 rings (SSSR count). The van der Waals surface area contributed by atoms with E-state index < -0.39 is 23.7 Å². The number of carbonyl (C=O) groups is 2. The zero-order valence-corrected chi connectivity index (χ0v) is 15.4. The van der Waals surface area contributed by atoms with E-state index in [1.165, 1.54) is 6.07 Å². The van der Waals surface area contributed by atoms with Crippen LogP contribution in [0.3, 0.4) is 0 Å². The molecular weight excluding hydrogens is 369 g/mol. The van der Waals surface area contributed by atoms with Crippen molar-refractivity contribution in [3.8, 4) is 0 Å². The molecule has 0 saturated carbocycles. The molecule has 0 aliphatic carbocycles. The van der Waals surface area contributed by atoms with E-state index in [2.05, 4.69) is 10.3 Å². The number of amides is 2. The monoisotopic (exact) mass is 387 g/mol. The predicted molar refractivity (Wildman–Crippen MR) is 110 cm³/mol. The van der Waals surface area contributed by atoms with E-state index in [1.54, 1.807) is 30.3 Å². The van der Waals surface area contributed by atoms with Crippen molar-refractivity contribution in [2.24, 2.45) is 5.73 Å². The highest BCUT2D eigenvalue weighted by molar-refractivity contribution is 6.16. The van der Waals surface area contributed by atoms with Crippen molar-refractivity contribution in [3.05, 3.63) is 89.7 Å². The molecule has 1 aromatic heterocycles. The molecule has 0 spiro atoms. The smallest absolute Gasteiger partial charge is 0.253 e. The van der Waals surface area contributed by atoms with Crippen molar-refractivity contribution < 1.29 is 14.0 Å². The lowest BCUT2D eigenvalue weighted by molar-refractivity contribution is -0.119. The number of primary amides is 1. The van der Waals surface area contributed by atoms with E-state index in [9.17, 15) is 14.0 Å². The van der Waals surface area contributed by atoms with Crippen LogP contribution in [0.2, 0.25) is 0 Å². The Labute approximate surface area is 166 Å². The van der Waals surface area contributed by atoms with Gasteiger partial charge in [0.25, 0.3) is 5.91 Å². The molecule has 6 heteroatoms. The first-order valence-corrected chi connectivity index (χ1v) is 9.15. The van der Waals surface area contributed by atoms with Crippen LogP contribution in [0.15, 0.2) is 72.8 Å². The third-order valence-corrected chi connectivity index (χ3v) is 4.85. The summed E-state index contributed by atoms with van der Waals surface area (Å²) in [5, 5.41) is 4.01. The van der Waals surface area contributed by atoms with Crippen LogP contribution >= 0.6 is 0 Å². The number of hydrogen-bond acceptors (Lipinski definition) is 3. The number of rotatable bonds is 5. The number of hydrogen-bond donors (Lipinski definition) is 2. The first-order valence-electron chi connectivity index (χ1n) is 9.15. The lowest BCUT2D eigenvalue weighted by Gasteiger charge is -2.18. The van der Waals surface area contributed by atoms with E-state index in [-0.39, 0.29) is 6.42 Å². The summed E-state index contributed by atoms with van der Waals surface area (Å²) in [5.41, 5.74) is 7.55. The maximum absolute atomic E-state index is 14.0. The summed E-state index contributed by atoms with van der Waals surface area (Å²) in [5.74, 6) is -1.64. The molecule has 144 valence electrons. The minimum Gasteiger partial charge on any atom is -0.368 e. The Hall–Kier alpha value is -3.80. The first kappa shape index (κ1) is 18.6. The van der Waals surface area contributed by atoms with Gasteiger partial charge >= 0.3 is 0 Å². The Bertz CT molecular complexity index is 1190. The fraction of sp³-hybridized carbons (Fsp3) is 0.0870. The second-order valence-electron chi connectivity index (χ2n) is 6.75. The number of nitrogens with one attached hydrogen (secondary N) is 1. The quantitative estimate of drug-likeness (QED) is 0.515. The van der Waals surface area contributed by atoms with Gasteiger partial charge in [0, 0.05) is 17.2 Å². The van der Waals surface area contributed by atoms with Crippen LogP contribution < -0.4 is 11.1 Å². The number of carbonyl (C=O) groups excluding carboxylic acids is 2. The largest absolute Gasteiger partial charge is 0.368 e. The maximum Gasteiger partial charge on any atom is 0.253 e. The number of fused-ring (bicyclic) bond motifs is 2. The van der Waals surface area contributed by atoms with Crippen LogP contribution in [0.5, 0.6) is 0 Å². The summed E-state index contributed by atoms with van der Waals surface area (Å²) in [6.07, 6.45) is -0.0330. The van der Waals surface area contributed by atoms with Crippen LogP contribution in [0.25, 0.3) is 21.8 Å². The van der Waals surface area contributed by atoms with Gasteiger partial charge in [-0.05, 0) is 23.8 Å². The van der Waals surface area contributed by atoms with E-state index >= 15 is 0 Å². The minimum atomic E-state index is -1.05. The van der Waals surface area contributed by atoms with Gasteiger partial charge in [-0.2, -0.15) is 0 Å². The van der Waals surface area contributed by atoms with Crippen molar-refractivity contribution in [3.63, 3.8) is 0 Å². The Kier molecular flexibility index (Phi) is 4.91. The molecule has 1 heterocycles. The van der Waals surface area contributed by atoms with Crippen molar-refractivity contribution >= 4 is 33.6 Å². The molecule has 5 nitrogen and oxygen atoms in total. The van der Waals surface area contributed by atoms with Crippen molar-refractivity contribution in [1.29, 1.82) is 0 Å². The summed E-state index contributed by atoms with van der Waals surface area (Å²) >= 11 is 0. The predicted octanol–water partition coefficient (Wildman–Crippen LogP) is 3.35. The Morgan fingerprint density at radius 2 is 1.45 bits per heavy atom. The SMILES string of the molecule is NC(=O)[C@H](Cc1ccccc1F)NC(=O)c1c2ccccc2nc2ccccc12. The zero-order valence-electron chi connectivity index (χ0n) is 15.4. The average Bonchev–Trinajstić information content (AvgIpc) is 2.72. The number of nitrogens with zero attached hydrogens (tertiary/aromatic N) is 1. The topological polar surface area (TPSA) is 85.1 Å². The van der Waals surface area contributed by atoms with Crippen LogP contribution in [-0.2, 0) is 11.2 Å². The Balaban J connectivity index is 1.75. The van der Waals surface area contributed by atoms with E-state index in [1.807, 2.05) is 36.4 Å². The number of nitrogens with two attached hydrogens (primary N) is 1. The Morgan fingerprint density at radius 3 is 2.03 bits per heavy atom. The minimum absolute atomic E-state index is 0.0330. The van der Waals surface area contributed by atoms with Crippen LogP contribution in [0, 0.1) is 5.82 Å². The molecule has 0 saturated heterocycles. The third-order valence-electron chi connectivity index (χ3n) is 4.85. The maximum atomic E-state index is 14.0. The molecule has 0 radical (unpaired) electrons. The summed E-state index contributed by atoms with van der Waals surface area (Å²) in [6.45, 7) is 0. The molecule has 3 aromatic carbocycles. The van der Waals surface area contributed by atoms with Gasteiger partial charge in [-0.15, -0.1) is 0 Å². The summed E-state index contributed by atoms with van der Waals surface area (Å²) in [7, 11) is 0. The molecule has 0 aliphatic heterocycles. The van der Waals surface area contributed by atoms with Crippen molar-refractivity contribution in [2.75, 3.05) is 0 Å². The molecule has 2 amide bonds. The van der Waals surface area contributed by atoms with Gasteiger partial charge in [-0.3, -0.25) is 9.59 Å². The number of benzene rings is 3. The fourth-order valence-corrected chi connectivity index (χ4v) is 3.42. The summed E-state index contributed by atoms with van der Waals surface area (Å²) < 4.78 is 14.0. The van der Waals surface area contributed by atoms with E-state index in [4.69, 9.17) is 5.73 Å². The number of pyridine rings is 1. The molecule has 0 unspecified atom stereocenters. The molecule has 4 aromatic rings. The van der Waals surface area contributed by atoms with Gasteiger partial charge in [-0.1, -0.05) is 54.6 Å². The summed E-state index contributed by atoms with van der Waals surface area (Å²) in [6, 6.07) is 19.6. The Morgan fingerprint density at radius 1 is 0.897 bits per heavy atom. The van der Waals surface area contributed by atoms with Gasteiger partial charge in [0.2, 0.25) is 5.91 Å². The van der Waals surface area contributed by atoms with Gasteiger partial charge < -0.3 is 11.1 Å². The highest BCUT2D eigenvalue weighted by atomic mass is 19.1. The third kappa shape index (κ3) is 3.65. The lowest BCUT2D eigenvalue weighted by atomic mass is 10.0. The number of halogens is 1. The highest BCUT2D eigenvalue weighted by Gasteiger charge is 2.23. The molecule has 0 fully saturated rings. The first-order chi connectivity index (χ1) is 14.0. The normalized spacial score (nSPS) is 12.0. The molecule has 29 heavy (non-hydrogen) atoms. The van der Waals surface area contributed by atoms with Crippen molar-refractivity contribution in [1.82, 2.24) is 10.3 Å². The molecular formula is C23H18FN3O2. The van der Waals surface area contributed by atoms with E-state index in [0.717, 1.165) is 0 Å². The second kappa shape index (κ2) is 7.67. The van der Waals surface area contributed by atoms with Crippen LogP contribution in [0.1, 0.15) is 15.9 Å². The zero-order chi connectivity index (χ0) is 20.4. The molecule has 1 atom stereocenters. The van der Waals surface area contributed by atoms with Crippen LogP contribution in [0.4, 0.5) is 4.39 Å². The van der Waals surface area contributed by atoms with Crippen LogP contribution in [-0.4, -0.2) is 22.8 Å². The van der Waals surface area contributed by atoms with Gasteiger partial charge in [-0.25, -0.2) is 9.37 Å². The number of para-hydroxylation sites is 2. The number of aromatic nitrogens is 1. The fourth-order valence-electron chi connectivity index (χ4n) is 3.42. The van der Waals surface area contributed by atoms with Gasteiger partial charge in [0.15, 0.2) is 0 Å². The van der Waals surface area contributed by atoms with Gasteiger partial charge in [0.1, 0.15) is 11.9 Å². The van der Waals surface area contributed by atoms with Gasteiger partial charge in [0.05, 0.1) is 16.6 Å². The highest BCUT2D eigenvalue weighted by Crippen LogP contribution is 2.26.